The second-order valence-electron chi connectivity index (χ2n) is 3.97. The molecule has 1 heteroatoms. The van der Waals surface area contributed by atoms with Crippen LogP contribution in [0.1, 0.15) is 40.0 Å². The second kappa shape index (κ2) is 3.57. The number of hydrogen-bond donors (Lipinski definition) is 0. The Labute approximate surface area is 70.8 Å². The van der Waals surface area contributed by atoms with E-state index in [1.54, 1.807) is 0 Å². The third-order valence-corrected chi connectivity index (χ3v) is 3.01. The standard InChI is InChI=1S/C9H17N.CH4/c1-8-6-9(7-8)10-4-2-3-5-10;/h8-9H,2-7H2,1H3;1H4. The van der Waals surface area contributed by atoms with Crippen molar-refractivity contribution in [3.63, 3.8) is 0 Å². The summed E-state index contributed by atoms with van der Waals surface area (Å²) < 4.78 is 0. The molecule has 0 amide bonds. The first kappa shape index (κ1) is 9.05. The van der Waals surface area contributed by atoms with Crippen LogP contribution in [-0.4, -0.2) is 24.0 Å². The van der Waals surface area contributed by atoms with Gasteiger partial charge < -0.3 is 4.90 Å². The Balaban J connectivity index is 0.000000605. The van der Waals surface area contributed by atoms with Gasteiger partial charge in [-0.15, -0.1) is 0 Å². The van der Waals surface area contributed by atoms with Crippen molar-refractivity contribution >= 4 is 0 Å². The van der Waals surface area contributed by atoms with Crippen LogP contribution < -0.4 is 0 Å². The van der Waals surface area contributed by atoms with Gasteiger partial charge in [-0.2, -0.15) is 0 Å². The van der Waals surface area contributed by atoms with Gasteiger partial charge in [0.15, 0.2) is 0 Å². The molecule has 1 saturated heterocycles. The van der Waals surface area contributed by atoms with Gasteiger partial charge in [0.05, 0.1) is 0 Å². The third-order valence-electron chi connectivity index (χ3n) is 3.01. The van der Waals surface area contributed by atoms with Gasteiger partial charge in [-0.25, -0.2) is 0 Å². The summed E-state index contributed by atoms with van der Waals surface area (Å²) in [6.45, 7) is 5.14. The van der Waals surface area contributed by atoms with Crippen LogP contribution in [0.25, 0.3) is 0 Å². The molecule has 2 fully saturated rings. The number of rotatable bonds is 1. The lowest BCUT2D eigenvalue weighted by atomic mass is 9.81. The van der Waals surface area contributed by atoms with Crippen LogP contribution in [-0.2, 0) is 0 Å². The molecule has 11 heavy (non-hydrogen) atoms. The fourth-order valence-electron chi connectivity index (χ4n) is 2.26. The summed E-state index contributed by atoms with van der Waals surface area (Å²) in [6, 6.07) is 0.984. The van der Waals surface area contributed by atoms with E-state index < -0.39 is 0 Å². The molecule has 1 saturated carbocycles. The summed E-state index contributed by atoms with van der Waals surface area (Å²) in [5.74, 6) is 1.02. The van der Waals surface area contributed by atoms with Crippen molar-refractivity contribution in [2.24, 2.45) is 5.92 Å². The zero-order chi connectivity index (χ0) is 6.97. The molecule has 0 aromatic rings. The minimum absolute atomic E-state index is 0. The Hall–Kier alpha value is -0.0400. The largest absolute Gasteiger partial charge is 0.300 e. The van der Waals surface area contributed by atoms with Crippen LogP contribution in [0, 0.1) is 5.92 Å². The Morgan fingerprint density at radius 3 is 2.09 bits per heavy atom. The van der Waals surface area contributed by atoms with Crippen LogP contribution in [0.4, 0.5) is 0 Å². The fourth-order valence-corrected chi connectivity index (χ4v) is 2.26. The molecular weight excluding hydrogens is 134 g/mol. The van der Waals surface area contributed by atoms with Crippen molar-refractivity contribution in [1.29, 1.82) is 0 Å². The molecule has 2 rings (SSSR count). The predicted octanol–water partition coefficient (Wildman–Crippen LogP) is 2.52. The van der Waals surface area contributed by atoms with Gasteiger partial charge in [-0.3, -0.25) is 0 Å². The van der Waals surface area contributed by atoms with E-state index in [9.17, 15) is 0 Å². The number of hydrogen-bond acceptors (Lipinski definition) is 1. The van der Waals surface area contributed by atoms with E-state index in [-0.39, 0.29) is 7.43 Å². The molecule has 1 aliphatic heterocycles. The van der Waals surface area contributed by atoms with Crippen molar-refractivity contribution in [2.75, 3.05) is 13.1 Å². The fraction of sp³-hybridized carbons (Fsp3) is 1.00. The van der Waals surface area contributed by atoms with Gasteiger partial charge in [-0.05, 0) is 44.7 Å². The highest BCUT2D eigenvalue weighted by Crippen LogP contribution is 2.32. The van der Waals surface area contributed by atoms with E-state index in [1.165, 1.54) is 38.8 Å². The van der Waals surface area contributed by atoms with Crippen molar-refractivity contribution in [3.8, 4) is 0 Å². The third kappa shape index (κ3) is 1.76. The molecule has 1 aliphatic carbocycles. The average molecular weight is 155 g/mol. The monoisotopic (exact) mass is 155 g/mol. The highest BCUT2D eigenvalue weighted by atomic mass is 15.2. The summed E-state index contributed by atoms with van der Waals surface area (Å²) in [5.41, 5.74) is 0. The molecule has 1 heterocycles. The average Bonchev–Trinajstić information content (AvgIpc) is 2.31. The normalized spacial score (nSPS) is 37.9. The molecule has 0 aromatic heterocycles. The zero-order valence-corrected chi connectivity index (χ0v) is 6.84. The van der Waals surface area contributed by atoms with E-state index in [1.807, 2.05) is 0 Å². The van der Waals surface area contributed by atoms with Crippen molar-refractivity contribution < 1.29 is 0 Å². The minimum atomic E-state index is 0. The molecule has 0 unspecified atom stereocenters. The lowest BCUT2D eigenvalue weighted by molar-refractivity contribution is 0.110. The summed E-state index contributed by atoms with van der Waals surface area (Å²) in [4.78, 5) is 2.68. The van der Waals surface area contributed by atoms with Crippen LogP contribution in [0.3, 0.4) is 0 Å². The smallest absolute Gasteiger partial charge is 0.0100 e. The van der Waals surface area contributed by atoms with Crippen molar-refractivity contribution in [1.82, 2.24) is 4.90 Å². The van der Waals surface area contributed by atoms with E-state index in [4.69, 9.17) is 0 Å². The van der Waals surface area contributed by atoms with Gasteiger partial charge in [0.2, 0.25) is 0 Å². The highest BCUT2D eigenvalue weighted by Gasteiger charge is 2.31. The number of likely N-dealkylation sites (tertiary alicyclic amines) is 1. The first-order valence-electron chi connectivity index (χ1n) is 4.60. The number of nitrogens with zero attached hydrogens (tertiary/aromatic N) is 1. The molecule has 0 atom stereocenters. The summed E-state index contributed by atoms with van der Waals surface area (Å²) >= 11 is 0. The van der Waals surface area contributed by atoms with Gasteiger partial charge in [0.25, 0.3) is 0 Å². The van der Waals surface area contributed by atoms with E-state index in [0.29, 0.717) is 0 Å². The maximum atomic E-state index is 2.68. The van der Waals surface area contributed by atoms with Crippen molar-refractivity contribution in [3.05, 3.63) is 0 Å². The van der Waals surface area contributed by atoms with Gasteiger partial charge in [0, 0.05) is 6.04 Å². The molecule has 66 valence electrons. The first-order valence-corrected chi connectivity index (χ1v) is 4.60. The molecule has 2 aliphatic rings. The highest BCUT2D eigenvalue weighted by molar-refractivity contribution is 4.86. The van der Waals surface area contributed by atoms with Crippen LogP contribution in [0.2, 0.25) is 0 Å². The Morgan fingerprint density at radius 2 is 1.64 bits per heavy atom. The second-order valence-corrected chi connectivity index (χ2v) is 3.97. The summed E-state index contributed by atoms with van der Waals surface area (Å²) in [6.07, 6.45) is 5.84. The van der Waals surface area contributed by atoms with Gasteiger partial charge in [0.1, 0.15) is 0 Å². The van der Waals surface area contributed by atoms with Crippen molar-refractivity contribution in [2.45, 2.75) is 46.1 Å². The molecule has 0 spiro atoms. The quantitative estimate of drug-likeness (QED) is 0.562. The Bertz CT molecular complexity index is 110. The maximum Gasteiger partial charge on any atom is 0.0100 e. The minimum Gasteiger partial charge on any atom is -0.300 e. The summed E-state index contributed by atoms with van der Waals surface area (Å²) in [5, 5.41) is 0. The van der Waals surface area contributed by atoms with Crippen LogP contribution in [0.5, 0.6) is 0 Å². The molecular formula is C10H21N. The van der Waals surface area contributed by atoms with E-state index in [0.717, 1.165) is 12.0 Å². The van der Waals surface area contributed by atoms with Gasteiger partial charge in [-0.1, -0.05) is 14.4 Å². The molecule has 0 bridgehead atoms. The predicted molar refractivity (Wildman–Crippen MR) is 49.7 cm³/mol. The molecule has 0 N–H and O–H groups in total. The SMILES string of the molecule is C.CC1CC(N2CCCC2)C1. The van der Waals surface area contributed by atoms with Crippen LogP contribution >= 0.6 is 0 Å². The molecule has 0 radical (unpaired) electrons. The topological polar surface area (TPSA) is 3.24 Å². The lowest BCUT2D eigenvalue weighted by Crippen LogP contribution is -2.42. The lowest BCUT2D eigenvalue weighted by Gasteiger charge is -2.39. The summed E-state index contributed by atoms with van der Waals surface area (Å²) in [7, 11) is 0. The van der Waals surface area contributed by atoms with E-state index >= 15 is 0 Å². The molecule has 0 aromatic carbocycles. The van der Waals surface area contributed by atoms with Crippen LogP contribution in [0.15, 0.2) is 0 Å². The molecule has 1 nitrogen and oxygen atoms in total. The zero-order valence-electron chi connectivity index (χ0n) is 6.84. The van der Waals surface area contributed by atoms with Gasteiger partial charge >= 0.3 is 0 Å². The maximum absolute atomic E-state index is 2.68. The first-order chi connectivity index (χ1) is 4.86. The Kier molecular flexibility index (Phi) is 2.94. The van der Waals surface area contributed by atoms with E-state index in [2.05, 4.69) is 11.8 Å². The Morgan fingerprint density at radius 1 is 1.09 bits per heavy atom.